The second kappa shape index (κ2) is 14.9. The molecule has 6 aromatic rings. The maximum atomic E-state index is 12.9. The molecule has 1 fully saturated rings. The summed E-state index contributed by atoms with van der Waals surface area (Å²) in [6.45, 7) is 4.45. The van der Waals surface area contributed by atoms with Crippen molar-refractivity contribution >= 4 is 40.0 Å². The highest BCUT2D eigenvalue weighted by Crippen LogP contribution is 2.43. The number of aryl methyl sites for hydroxylation is 1. The number of ether oxygens (including phenoxy) is 2. The second-order valence-corrected chi connectivity index (χ2v) is 14.4. The normalized spacial score (nSPS) is 19.2. The van der Waals surface area contributed by atoms with E-state index in [4.69, 9.17) is 9.47 Å². The van der Waals surface area contributed by atoms with Crippen LogP contribution in [0.25, 0.3) is 22.2 Å². The van der Waals surface area contributed by atoms with Gasteiger partial charge in [-0.1, -0.05) is 103 Å². The van der Waals surface area contributed by atoms with Crippen LogP contribution in [0.3, 0.4) is 0 Å². The number of amides is 1. The number of benzene rings is 4. The number of aromatic nitrogens is 4. The molecule has 9 nitrogen and oxygen atoms in total. The maximum Gasteiger partial charge on any atom is 0.271 e. The van der Waals surface area contributed by atoms with Gasteiger partial charge in [-0.3, -0.25) is 9.78 Å². The highest BCUT2D eigenvalue weighted by Gasteiger charge is 2.38. The minimum Gasteiger partial charge on any atom is -0.392 e. The summed E-state index contributed by atoms with van der Waals surface area (Å²) in [5, 5.41) is 22.0. The molecule has 4 atom stereocenters. The van der Waals surface area contributed by atoms with Gasteiger partial charge in [0.15, 0.2) is 10.6 Å². The molecule has 49 heavy (non-hydrogen) atoms. The van der Waals surface area contributed by atoms with E-state index in [9.17, 15) is 9.90 Å². The lowest BCUT2D eigenvalue weighted by atomic mass is 9.91. The van der Waals surface area contributed by atoms with Crippen molar-refractivity contribution in [3.05, 3.63) is 136 Å². The summed E-state index contributed by atoms with van der Waals surface area (Å²) in [6, 6.07) is 31.7. The Balaban J connectivity index is 1.09. The van der Waals surface area contributed by atoms with Gasteiger partial charge in [0.2, 0.25) is 0 Å². The molecule has 2 aromatic heterocycles. The second-order valence-electron chi connectivity index (χ2n) is 12.0. The molecule has 1 aliphatic rings. The quantitative estimate of drug-likeness (QED) is 0.141. The van der Waals surface area contributed by atoms with Crippen LogP contribution in [0.15, 0.2) is 108 Å². The van der Waals surface area contributed by atoms with Crippen LogP contribution in [0.2, 0.25) is 0 Å². The number of hydrogen-bond donors (Lipinski definition) is 2. The largest absolute Gasteiger partial charge is 0.392 e. The number of carbonyl (C=O) groups is 1. The molecule has 1 saturated heterocycles. The van der Waals surface area contributed by atoms with Crippen LogP contribution in [0, 0.1) is 12.8 Å². The smallest absolute Gasteiger partial charge is 0.271 e. The van der Waals surface area contributed by atoms with E-state index in [1.165, 1.54) is 6.20 Å². The number of rotatable bonds is 10. The van der Waals surface area contributed by atoms with Crippen LogP contribution in [-0.4, -0.2) is 43.0 Å². The molecule has 7 rings (SSSR count). The standard InChI is InChI=1S/C38H35N5O4S2/c1-23-34(22-48-38-43-42-24(2)49-38)46-37(47-35(23)27-15-13-25(21-44)14-16-27)30-10-6-9-29(18-30)28-8-5-7-26(17-28)19-40-36(45)33-20-39-31-11-3-4-12-32(31)41-33/h3-18,20,23,34-35,37,44H,19,21-22H2,1-2H3,(H,40,45). The summed E-state index contributed by atoms with van der Waals surface area (Å²) in [6.07, 6.45) is 0.589. The van der Waals surface area contributed by atoms with Crippen molar-refractivity contribution in [1.29, 1.82) is 0 Å². The van der Waals surface area contributed by atoms with Gasteiger partial charge in [-0.25, -0.2) is 4.98 Å². The summed E-state index contributed by atoms with van der Waals surface area (Å²) in [5.41, 5.74) is 7.50. The van der Waals surface area contributed by atoms with Crippen molar-refractivity contribution in [3.63, 3.8) is 0 Å². The van der Waals surface area contributed by atoms with Crippen molar-refractivity contribution in [2.24, 2.45) is 5.92 Å². The van der Waals surface area contributed by atoms with E-state index in [2.05, 4.69) is 56.7 Å². The van der Waals surface area contributed by atoms with Crippen molar-refractivity contribution in [2.45, 2.75) is 49.8 Å². The summed E-state index contributed by atoms with van der Waals surface area (Å²) >= 11 is 3.24. The van der Waals surface area contributed by atoms with E-state index in [1.54, 1.807) is 23.1 Å². The van der Waals surface area contributed by atoms with E-state index in [0.29, 0.717) is 17.8 Å². The van der Waals surface area contributed by atoms with Crippen LogP contribution in [-0.2, 0) is 22.6 Å². The molecule has 2 N–H and O–H groups in total. The average molecular weight is 690 g/mol. The predicted octanol–water partition coefficient (Wildman–Crippen LogP) is 7.46. The Hall–Kier alpha value is -4.52. The van der Waals surface area contributed by atoms with Crippen molar-refractivity contribution in [2.75, 3.05) is 5.75 Å². The zero-order valence-corrected chi connectivity index (χ0v) is 28.7. The van der Waals surface area contributed by atoms with E-state index in [0.717, 1.165) is 48.2 Å². The lowest BCUT2D eigenvalue weighted by Crippen LogP contribution is -2.38. The molecule has 0 saturated carbocycles. The number of hydrogen-bond acceptors (Lipinski definition) is 10. The molecule has 0 aliphatic carbocycles. The van der Waals surface area contributed by atoms with Crippen LogP contribution in [0.5, 0.6) is 0 Å². The first-order valence-corrected chi connectivity index (χ1v) is 17.9. The highest BCUT2D eigenvalue weighted by molar-refractivity contribution is 8.01. The summed E-state index contributed by atoms with van der Waals surface area (Å²) in [5.74, 6) is 0.494. The molecule has 4 unspecified atom stereocenters. The zero-order chi connectivity index (χ0) is 33.7. The Morgan fingerprint density at radius 1 is 0.878 bits per heavy atom. The van der Waals surface area contributed by atoms with Crippen LogP contribution < -0.4 is 5.32 Å². The van der Waals surface area contributed by atoms with Crippen molar-refractivity contribution in [3.8, 4) is 11.1 Å². The molecule has 4 aromatic carbocycles. The van der Waals surface area contributed by atoms with Gasteiger partial charge in [0.1, 0.15) is 10.7 Å². The van der Waals surface area contributed by atoms with E-state index < -0.39 is 6.29 Å². The van der Waals surface area contributed by atoms with Gasteiger partial charge in [-0.2, -0.15) is 0 Å². The summed E-state index contributed by atoms with van der Waals surface area (Å²) < 4.78 is 14.3. The molecular formula is C38H35N5O4S2. The Morgan fingerprint density at radius 2 is 1.65 bits per heavy atom. The third-order valence-electron chi connectivity index (χ3n) is 8.56. The molecular weight excluding hydrogens is 655 g/mol. The predicted molar refractivity (Wildman–Crippen MR) is 191 cm³/mol. The number of aliphatic hydroxyl groups is 1. The molecule has 11 heteroatoms. The molecule has 248 valence electrons. The number of thioether (sulfide) groups is 1. The molecule has 0 bridgehead atoms. The van der Waals surface area contributed by atoms with Gasteiger partial charge < -0.3 is 19.9 Å². The van der Waals surface area contributed by atoms with Crippen molar-refractivity contribution < 1.29 is 19.4 Å². The van der Waals surface area contributed by atoms with Gasteiger partial charge in [0.25, 0.3) is 5.91 Å². The maximum absolute atomic E-state index is 12.9. The average Bonchev–Trinajstić information content (AvgIpc) is 3.58. The molecule has 0 radical (unpaired) electrons. The Labute approximate surface area is 292 Å². The first-order valence-electron chi connectivity index (χ1n) is 16.1. The monoisotopic (exact) mass is 689 g/mol. The first-order chi connectivity index (χ1) is 23.9. The minimum atomic E-state index is -0.592. The number of carbonyl (C=O) groups excluding carboxylic acids is 1. The van der Waals surface area contributed by atoms with Gasteiger partial charge in [0, 0.05) is 23.8 Å². The lowest BCUT2D eigenvalue weighted by molar-refractivity contribution is -0.268. The highest BCUT2D eigenvalue weighted by atomic mass is 32.2. The van der Waals surface area contributed by atoms with Crippen LogP contribution in [0.1, 0.15) is 57.1 Å². The molecule has 3 heterocycles. The van der Waals surface area contributed by atoms with Crippen LogP contribution >= 0.6 is 23.1 Å². The Morgan fingerprint density at radius 3 is 2.43 bits per heavy atom. The van der Waals surface area contributed by atoms with Gasteiger partial charge in [-0.05, 0) is 59.0 Å². The number of nitrogens with zero attached hydrogens (tertiary/aromatic N) is 4. The fraction of sp³-hybridized carbons (Fsp3) is 0.237. The number of fused-ring (bicyclic) bond motifs is 1. The van der Waals surface area contributed by atoms with Gasteiger partial charge >= 0.3 is 0 Å². The summed E-state index contributed by atoms with van der Waals surface area (Å²) in [4.78, 5) is 21.7. The molecule has 1 aliphatic heterocycles. The number of aliphatic hydroxyl groups excluding tert-OH is 1. The third-order valence-corrected chi connectivity index (χ3v) is 10.6. The topological polar surface area (TPSA) is 119 Å². The minimum absolute atomic E-state index is 0.00682. The van der Waals surface area contributed by atoms with E-state index in [-0.39, 0.29) is 36.3 Å². The fourth-order valence-corrected chi connectivity index (χ4v) is 7.87. The zero-order valence-electron chi connectivity index (χ0n) is 27.0. The Bertz CT molecular complexity index is 2070. The SMILES string of the molecule is Cc1nnc(SCC2OC(c3cccc(-c4cccc(CNC(=O)c5cnc6ccccc6n5)c4)c3)OC(c3ccc(CO)cc3)C2C)s1. The molecule has 1 amide bonds. The van der Waals surface area contributed by atoms with Gasteiger partial charge in [0.05, 0.1) is 36.0 Å². The van der Waals surface area contributed by atoms with Crippen LogP contribution in [0.4, 0.5) is 0 Å². The molecule has 0 spiro atoms. The van der Waals surface area contributed by atoms with Gasteiger partial charge in [-0.15, -0.1) is 10.2 Å². The van der Waals surface area contributed by atoms with E-state index >= 15 is 0 Å². The van der Waals surface area contributed by atoms with E-state index in [1.807, 2.05) is 79.7 Å². The Kier molecular flexibility index (Phi) is 10.1. The van der Waals surface area contributed by atoms with Crippen molar-refractivity contribution in [1.82, 2.24) is 25.5 Å². The summed E-state index contributed by atoms with van der Waals surface area (Å²) in [7, 11) is 0. The fourth-order valence-electron chi connectivity index (χ4n) is 5.87. The lowest BCUT2D eigenvalue weighted by Gasteiger charge is -2.41. The first kappa shape index (κ1) is 33.0. The third kappa shape index (κ3) is 7.71. The number of nitrogens with one attached hydrogen (secondary N) is 1. The number of para-hydroxylation sites is 2.